The first-order chi connectivity index (χ1) is 13.2. The van der Waals surface area contributed by atoms with Crippen LogP contribution in [0.25, 0.3) is 6.08 Å². The number of hydrogen-bond donors (Lipinski definition) is 2. The number of allylic oxidation sites excluding steroid dienone is 2. The Morgan fingerprint density at radius 2 is 1.93 bits per heavy atom. The van der Waals surface area contributed by atoms with Gasteiger partial charge in [0.2, 0.25) is 0 Å². The van der Waals surface area contributed by atoms with Gasteiger partial charge in [-0.15, -0.1) is 0 Å². The summed E-state index contributed by atoms with van der Waals surface area (Å²) in [7, 11) is 1.68. The van der Waals surface area contributed by atoms with Crippen LogP contribution in [0.15, 0.2) is 41.6 Å². The van der Waals surface area contributed by atoms with Crippen LogP contribution in [0.5, 0.6) is 5.75 Å². The Balaban J connectivity index is 1.95. The van der Waals surface area contributed by atoms with Gasteiger partial charge >= 0.3 is 0 Å². The van der Waals surface area contributed by atoms with Crippen molar-refractivity contribution in [2.24, 2.45) is 0 Å². The zero-order chi connectivity index (χ0) is 19.5. The van der Waals surface area contributed by atoms with Crippen LogP contribution in [-0.2, 0) is 4.84 Å². The predicted molar refractivity (Wildman–Crippen MR) is 110 cm³/mol. The summed E-state index contributed by atoms with van der Waals surface area (Å²) < 4.78 is 5.23. The van der Waals surface area contributed by atoms with E-state index in [9.17, 15) is 5.11 Å². The second-order valence-electron chi connectivity index (χ2n) is 6.86. The maximum atomic E-state index is 10.2. The summed E-state index contributed by atoms with van der Waals surface area (Å²) in [6, 6.07) is 8.06. The Morgan fingerprint density at radius 1 is 1.19 bits per heavy atom. The van der Waals surface area contributed by atoms with Crippen LogP contribution in [-0.4, -0.2) is 49.5 Å². The first kappa shape index (κ1) is 21.5. The molecule has 1 aliphatic carbocycles. The Kier molecular flexibility index (Phi) is 9.39. The molecule has 2 rings (SSSR count). The number of likely N-dealkylation sites (N-methyl/N-ethyl adjacent to an activating group) is 1. The number of hydroxylamine groups is 1. The molecule has 0 amide bonds. The second kappa shape index (κ2) is 11.8. The van der Waals surface area contributed by atoms with Crippen molar-refractivity contribution in [3.05, 3.63) is 47.2 Å². The molecule has 0 aromatic heterocycles. The maximum Gasteiger partial charge on any atom is 0.118 e. The lowest BCUT2D eigenvalue weighted by molar-refractivity contribution is -0.0168. The van der Waals surface area contributed by atoms with Crippen LogP contribution >= 0.6 is 0 Å². The molecule has 0 heterocycles. The van der Waals surface area contributed by atoms with E-state index in [2.05, 4.69) is 48.5 Å². The molecule has 1 atom stereocenters. The van der Waals surface area contributed by atoms with Crippen molar-refractivity contribution in [1.29, 1.82) is 0 Å². The van der Waals surface area contributed by atoms with E-state index >= 15 is 0 Å². The molecule has 2 N–H and O–H groups in total. The molecule has 0 aliphatic heterocycles. The molecule has 1 aromatic carbocycles. The lowest BCUT2D eigenvalue weighted by Gasteiger charge is -2.22. The molecule has 5 nitrogen and oxygen atoms in total. The van der Waals surface area contributed by atoms with E-state index < -0.39 is 6.10 Å². The van der Waals surface area contributed by atoms with Crippen LogP contribution in [0.3, 0.4) is 0 Å². The van der Waals surface area contributed by atoms with E-state index in [1.165, 1.54) is 12.0 Å². The average Bonchev–Trinajstić information content (AvgIpc) is 2.92. The number of nitrogens with one attached hydrogen (secondary N) is 1. The molecule has 0 saturated carbocycles. The van der Waals surface area contributed by atoms with Crippen molar-refractivity contribution in [3.63, 3.8) is 0 Å². The molecular formula is C22H34N2O3. The lowest BCUT2D eigenvalue weighted by atomic mass is 10.0. The minimum Gasteiger partial charge on any atom is -0.497 e. The Hall–Kier alpha value is -1.82. The number of aliphatic hydroxyl groups is 1. The molecule has 27 heavy (non-hydrogen) atoms. The molecule has 0 bridgehead atoms. The zero-order valence-corrected chi connectivity index (χ0v) is 16.9. The zero-order valence-electron chi connectivity index (χ0n) is 16.9. The fourth-order valence-electron chi connectivity index (χ4n) is 3.18. The molecule has 1 aliphatic rings. The van der Waals surface area contributed by atoms with Crippen molar-refractivity contribution in [3.8, 4) is 5.75 Å². The summed E-state index contributed by atoms with van der Waals surface area (Å²) in [6.45, 7) is 6.96. The third kappa shape index (κ3) is 7.37. The highest BCUT2D eigenvalue weighted by molar-refractivity contribution is 5.58. The summed E-state index contributed by atoms with van der Waals surface area (Å²) in [5.74, 6) is 0.859. The highest BCUT2D eigenvalue weighted by atomic mass is 16.6. The van der Waals surface area contributed by atoms with Gasteiger partial charge in [0.05, 0.1) is 18.9 Å². The molecule has 150 valence electrons. The van der Waals surface area contributed by atoms with Gasteiger partial charge in [0.1, 0.15) is 12.4 Å². The highest BCUT2D eigenvalue weighted by Crippen LogP contribution is 2.24. The molecule has 0 saturated heterocycles. The molecule has 5 heteroatoms. The summed E-state index contributed by atoms with van der Waals surface area (Å²) >= 11 is 0. The van der Waals surface area contributed by atoms with Crippen molar-refractivity contribution in [2.45, 2.75) is 45.6 Å². The number of benzene rings is 1. The Labute approximate surface area is 163 Å². The van der Waals surface area contributed by atoms with Gasteiger partial charge in [-0.25, -0.2) is 0 Å². The van der Waals surface area contributed by atoms with Gasteiger partial charge in [-0.2, -0.15) is 0 Å². The lowest BCUT2D eigenvalue weighted by Crippen LogP contribution is -2.36. The summed E-state index contributed by atoms with van der Waals surface area (Å²) in [4.78, 5) is 7.82. The summed E-state index contributed by atoms with van der Waals surface area (Å²) in [5, 5.41) is 10.2. The highest BCUT2D eigenvalue weighted by Gasteiger charge is 2.12. The van der Waals surface area contributed by atoms with Crippen LogP contribution in [0, 0.1) is 0 Å². The van der Waals surface area contributed by atoms with Crippen LogP contribution in [0.1, 0.15) is 45.1 Å². The van der Waals surface area contributed by atoms with Gasteiger partial charge in [0.15, 0.2) is 0 Å². The first-order valence-corrected chi connectivity index (χ1v) is 9.99. The number of methoxy groups -OCH3 is 1. The number of ether oxygens (including phenoxy) is 1. The number of rotatable bonds is 10. The van der Waals surface area contributed by atoms with Gasteiger partial charge in [0, 0.05) is 6.54 Å². The smallest absolute Gasteiger partial charge is 0.118 e. The van der Waals surface area contributed by atoms with E-state index in [1.807, 2.05) is 12.1 Å². The maximum absolute atomic E-state index is 10.2. The summed E-state index contributed by atoms with van der Waals surface area (Å²) in [5.41, 5.74) is 6.47. The molecule has 1 aromatic rings. The van der Waals surface area contributed by atoms with Crippen LogP contribution in [0.4, 0.5) is 0 Å². The summed E-state index contributed by atoms with van der Waals surface area (Å²) in [6.07, 6.45) is 8.27. The fourth-order valence-corrected chi connectivity index (χ4v) is 3.18. The Bertz CT molecular complexity index is 606. The van der Waals surface area contributed by atoms with E-state index in [0.717, 1.165) is 49.4 Å². The quantitative estimate of drug-likeness (QED) is 0.611. The van der Waals surface area contributed by atoms with Gasteiger partial charge < -0.3 is 14.7 Å². The Morgan fingerprint density at radius 3 is 2.59 bits per heavy atom. The first-order valence-electron chi connectivity index (χ1n) is 9.99. The fraction of sp³-hybridized carbons (Fsp3) is 0.545. The van der Waals surface area contributed by atoms with E-state index in [1.54, 1.807) is 7.11 Å². The third-order valence-corrected chi connectivity index (χ3v) is 4.87. The van der Waals surface area contributed by atoms with Gasteiger partial charge in [-0.1, -0.05) is 32.1 Å². The van der Waals surface area contributed by atoms with E-state index in [0.29, 0.717) is 6.54 Å². The van der Waals surface area contributed by atoms with Crippen molar-refractivity contribution < 1.29 is 14.7 Å². The van der Waals surface area contributed by atoms with Crippen molar-refractivity contribution in [2.75, 3.05) is 33.4 Å². The van der Waals surface area contributed by atoms with E-state index in [4.69, 9.17) is 9.57 Å². The molecule has 0 radical (unpaired) electrons. The van der Waals surface area contributed by atoms with E-state index in [-0.39, 0.29) is 6.61 Å². The normalized spacial score (nSPS) is 17.5. The van der Waals surface area contributed by atoms with Crippen LogP contribution < -0.4 is 10.2 Å². The van der Waals surface area contributed by atoms with Gasteiger partial charge in [0.25, 0.3) is 0 Å². The molecule has 0 fully saturated rings. The minimum absolute atomic E-state index is 0.268. The SMILES string of the molecule is CCN(CC)C[C@H](O)CONC1=CCCCCC1=Cc1ccc(OC)cc1. The predicted octanol–water partition coefficient (Wildman–Crippen LogP) is 3.76. The van der Waals surface area contributed by atoms with Gasteiger partial charge in [-0.3, -0.25) is 10.3 Å². The van der Waals surface area contributed by atoms with Gasteiger partial charge in [-0.05, 0) is 68.1 Å². The standard InChI is InChI=1S/C22H34N2O3/c1-4-24(5-2)16-20(25)17-27-23-22-10-8-6-7-9-19(22)15-18-11-13-21(26-3)14-12-18/h10-15,20,23,25H,4-9,16-17H2,1-3H3/t20-/m0/s1. The number of hydrogen-bond acceptors (Lipinski definition) is 5. The molecular weight excluding hydrogens is 340 g/mol. The molecule has 0 spiro atoms. The number of aliphatic hydroxyl groups excluding tert-OH is 1. The van der Waals surface area contributed by atoms with Crippen molar-refractivity contribution >= 4 is 6.08 Å². The average molecular weight is 375 g/mol. The monoisotopic (exact) mass is 374 g/mol. The number of nitrogens with zero attached hydrogens (tertiary/aromatic N) is 1. The topological polar surface area (TPSA) is 54.0 Å². The third-order valence-electron chi connectivity index (χ3n) is 4.87. The largest absolute Gasteiger partial charge is 0.497 e. The van der Waals surface area contributed by atoms with Crippen LogP contribution in [0.2, 0.25) is 0 Å². The second-order valence-corrected chi connectivity index (χ2v) is 6.86. The molecule has 0 unspecified atom stereocenters. The minimum atomic E-state index is -0.502. The van der Waals surface area contributed by atoms with Crippen molar-refractivity contribution in [1.82, 2.24) is 10.4 Å².